The van der Waals surface area contributed by atoms with Gasteiger partial charge in [-0.15, -0.1) is 10.2 Å². The fourth-order valence-electron chi connectivity index (χ4n) is 4.49. The van der Waals surface area contributed by atoms with Crippen LogP contribution in [0, 0.1) is 6.92 Å². The number of ether oxygens (including phenoxy) is 1. The highest BCUT2D eigenvalue weighted by Gasteiger charge is 2.26. The Bertz CT molecular complexity index is 1490. The first kappa shape index (κ1) is 26.3. The van der Waals surface area contributed by atoms with Crippen LogP contribution in [0.3, 0.4) is 0 Å². The molecule has 5 rings (SSSR count). The molecule has 3 heterocycles. The number of benzene rings is 2. The van der Waals surface area contributed by atoms with Crippen molar-refractivity contribution < 1.29 is 9.53 Å². The lowest BCUT2D eigenvalue weighted by Crippen LogP contribution is -2.27. The van der Waals surface area contributed by atoms with Crippen molar-refractivity contribution in [1.29, 1.82) is 0 Å². The molecule has 1 aliphatic heterocycles. The summed E-state index contributed by atoms with van der Waals surface area (Å²) >= 11 is 7.38. The van der Waals surface area contributed by atoms with Crippen molar-refractivity contribution in [3.8, 4) is 17.1 Å². The first-order valence-electron chi connectivity index (χ1n) is 12.5. The third-order valence-electron chi connectivity index (χ3n) is 6.68. The summed E-state index contributed by atoms with van der Waals surface area (Å²) in [5.74, 6) is 0.401. The van der Waals surface area contributed by atoms with Crippen molar-refractivity contribution in [2.24, 2.45) is 7.05 Å². The minimum atomic E-state index is -0.537. The molecule has 38 heavy (non-hydrogen) atoms. The minimum absolute atomic E-state index is 0.0592. The number of nitrogens with one attached hydrogen (secondary N) is 1. The number of para-hydroxylation sites is 1. The number of carbonyl (C=O) groups is 1. The molecule has 0 saturated carbocycles. The van der Waals surface area contributed by atoms with Gasteiger partial charge in [0.1, 0.15) is 5.69 Å². The SMILES string of the molecule is Cc1c(NC(=O)C(C)Sc2nnc(-c3ccc(Cl)cc3)n2CC2CCCO2)c(=O)n(-c2ccccc2)n1C. The summed E-state index contributed by atoms with van der Waals surface area (Å²) < 4.78 is 11.2. The van der Waals surface area contributed by atoms with Gasteiger partial charge in [-0.05, 0) is 63.1 Å². The van der Waals surface area contributed by atoms with E-state index in [4.69, 9.17) is 16.3 Å². The van der Waals surface area contributed by atoms with Crippen LogP contribution >= 0.6 is 23.4 Å². The lowest BCUT2D eigenvalue weighted by Gasteiger charge is -2.16. The lowest BCUT2D eigenvalue weighted by atomic mass is 10.2. The molecule has 4 aromatic rings. The van der Waals surface area contributed by atoms with E-state index in [1.165, 1.54) is 11.8 Å². The molecule has 2 atom stereocenters. The fraction of sp³-hybridized carbons (Fsp3) is 0.333. The minimum Gasteiger partial charge on any atom is -0.376 e. The van der Waals surface area contributed by atoms with E-state index in [9.17, 15) is 9.59 Å². The van der Waals surface area contributed by atoms with Crippen molar-refractivity contribution in [2.75, 3.05) is 11.9 Å². The zero-order valence-electron chi connectivity index (χ0n) is 21.4. The van der Waals surface area contributed by atoms with E-state index in [1.54, 1.807) is 23.3 Å². The van der Waals surface area contributed by atoms with Crippen LogP contribution in [0.4, 0.5) is 5.69 Å². The van der Waals surface area contributed by atoms with E-state index >= 15 is 0 Å². The summed E-state index contributed by atoms with van der Waals surface area (Å²) in [4.78, 5) is 26.5. The molecule has 1 aliphatic rings. The topological polar surface area (TPSA) is 96.0 Å². The highest BCUT2D eigenvalue weighted by molar-refractivity contribution is 8.00. The summed E-state index contributed by atoms with van der Waals surface area (Å²) in [7, 11) is 1.80. The number of aromatic nitrogens is 5. The maximum absolute atomic E-state index is 13.3. The smallest absolute Gasteiger partial charge is 0.295 e. The Labute approximate surface area is 229 Å². The maximum atomic E-state index is 13.3. The molecule has 1 amide bonds. The summed E-state index contributed by atoms with van der Waals surface area (Å²) in [6.07, 6.45) is 2.03. The van der Waals surface area contributed by atoms with Gasteiger partial charge in [-0.2, -0.15) is 0 Å². The second-order valence-electron chi connectivity index (χ2n) is 9.24. The van der Waals surface area contributed by atoms with Crippen molar-refractivity contribution in [2.45, 2.75) is 49.7 Å². The Kier molecular flexibility index (Phi) is 7.73. The van der Waals surface area contributed by atoms with Gasteiger partial charge in [-0.1, -0.05) is 41.6 Å². The summed E-state index contributed by atoms with van der Waals surface area (Å²) in [6.45, 7) is 4.93. The number of hydrogen-bond acceptors (Lipinski definition) is 6. The van der Waals surface area contributed by atoms with Crippen LogP contribution in [-0.4, -0.2) is 48.0 Å². The fourth-order valence-corrected chi connectivity index (χ4v) is 5.48. The van der Waals surface area contributed by atoms with Crippen LogP contribution in [-0.2, 0) is 23.1 Å². The van der Waals surface area contributed by atoms with Gasteiger partial charge in [-0.3, -0.25) is 18.8 Å². The van der Waals surface area contributed by atoms with Crippen molar-refractivity contribution in [3.63, 3.8) is 0 Å². The second kappa shape index (κ2) is 11.2. The standard InChI is InChI=1S/C27H29ClN6O3S/c1-17-23(26(36)34(32(17)3)21-8-5-4-6-9-21)29-25(35)18(2)38-27-31-30-24(19-11-13-20(28)14-12-19)33(27)16-22-10-7-15-37-22/h4-6,8-9,11-14,18,22H,7,10,15-16H2,1-3H3,(H,29,35). The molecule has 9 nitrogen and oxygen atoms in total. The Balaban J connectivity index is 1.38. The molecule has 2 unspecified atom stereocenters. The van der Waals surface area contributed by atoms with Gasteiger partial charge in [0.15, 0.2) is 11.0 Å². The van der Waals surface area contributed by atoms with E-state index < -0.39 is 5.25 Å². The first-order chi connectivity index (χ1) is 18.3. The number of halogens is 1. The molecule has 1 fully saturated rings. The number of carbonyl (C=O) groups excluding carboxylic acids is 1. The van der Waals surface area contributed by atoms with Crippen molar-refractivity contribution in [3.05, 3.63) is 75.7 Å². The monoisotopic (exact) mass is 552 g/mol. The molecule has 0 spiro atoms. The normalized spacial score (nSPS) is 16.1. The molecular formula is C27H29ClN6O3S. The number of hydrogen-bond donors (Lipinski definition) is 1. The second-order valence-corrected chi connectivity index (χ2v) is 11.0. The highest BCUT2D eigenvalue weighted by atomic mass is 35.5. The Morgan fingerprint density at radius 2 is 1.92 bits per heavy atom. The molecule has 1 saturated heterocycles. The molecule has 2 aromatic heterocycles. The van der Waals surface area contributed by atoms with Crippen LogP contribution in [0.15, 0.2) is 64.5 Å². The van der Waals surface area contributed by atoms with Gasteiger partial charge in [0, 0.05) is 24.2 Å². The lowest BCUT2D eigenvalue weighted by molar-refractivity contribution is -0.115. The van der Waals surface area contributed by atoms with Crippen LogP contribution in [0.2, 0.25) is 5.02 Å². The molecular weight excluding hydrogens is 524 g/mol. The summed E-state index contributed by atoms with van der Waals surface area (Å²) in [5.41, 5.74) is 2.24. The highest BCUT2D eigenvalue weighted by Crippen LogP contribution is 2.30. The largest absolute Gasteiger partial charge is 0.376 e. The average molecular weight is 553 g/mol. The number of rotatable bonds is 8. The average Bonchev–Trinajstić information content (AvgIpc) is 3.62. The predicted molar refractivity (Wildman–Crippen MR) is 149 cm³/mol. The number of thioether (sulfide) groups is 1. The Morgan fingerprint density at radius 1 is 1.18 bits per heavy atom. The predicted octanol–water partition coefficient (Wildman–Crippen LogP) is 4.69. The van der Waals surface area contributed by atoms with E-state index in [2.05, 4.69) is 15.5 Å². The van der Waals surface area contributed by atoms with Crippen molar-refractivity contribution >= 4 is 35.0 Å². The first-order valence-corrected chi connectivity index (χ1v) is 13.7. The third kappa shape index (κ3) is 5.29. The van der Waals surface area contributed by atoms with Gasteiger partial charge < -0.3 is 10.1 Å². The van der Waals surface area contributed by atoms with Crippen LogP contribution in [0.1, 0.15) is 25.5 Å². The van der Waals surface area contributed by atoms with Gasteiger partial charge in [0.05, 0.1) is 29.3 Å². The van der Waals surface area contributed by atoms with Gasteiger partial charge in [-0.25, -0.2) is 4.68 Å². The van der Waals surface area contributed by atoms with Gasteiger partial charge >= 0.3 is 0 Å². The zero-order chi connectivity index (χ0) is 26.8. The van der Waals surface area contributed by atoms with E-state index in [-0.39, 0.29) is 23.3 Å². The van der Waals surface area contributed by atoms with E-state index in [1.807, 2.05) is 66.1 Å². The number of anilines is 1. The molecule has 1 N–H and O–H groups in total. The molecule has 0 radical (unpaired) electrons. The van der Waals surface area contributed by atoms with Crippen LogP contribution in [0.25, 0.3) is 17.1 Å². The number of nitrogens with zero attached hydrogens (tertiary/aromatic N) is 5. The van der Waals surface area contributed by atoms with E-state index in [0.717, 1.165) is 30.7 Å². The van der Waals surface area contributed by atoms with Crippen LogP contribution in [0.5, 0.6) is 0 Å². The van der Waals surface area contributed by atoms with Gasteiger partial charge in [0.2, 0.25) is 5.91 Å². The van der Waals surface area contributed by atoms with Crippen molar-refractivity contribution in [1.82, 2.24) is 24.1 Å². The third-order valence-corrected chi connectivity index (χ3v) is 8.02. The summed E-state index contributed by atoms with van der Waals surface area (Å²) in [5, 5.41) is 12.4. The Hall–Kier alpha value is -3.34. The molecule has 11 heteroatoms. The Morgan fingerprint density at radius 3 is 2.61 bits per heavy atom. The molecule has 198 valence electrons. The molecule has 0 bridgehead atoms. The molecule has 2 aromatic carbocycles. The van der Waals surface area contributed by atoms with Gasteiger partial charge in [0.25, 0.3) is 5.56 Å². The quantitative estimate of drug-likeness (QED) is 0.318. The summed E-state index contributed by atoms with van der Waals surface area (Å²) in [6, 6.07) is 16.8. The van der Waals surface area contributed by atoms with Crippen LogP contribution < -0.4 is 10.9 Å². The number of amides is 1. The zero-order valence-corrected chi connectivity index (χ0v) is 23.0. The molecule has 0 aliphatic carbocycles. The van der Waals surface area contributed by atoms with E-state index in [0.29, 0.717) is 28.2 Å². The maximum Gasteiger partial charge on any atom is 0.295 e.